The molecule has 0 amide bonds. The molecule has 0 aliphatic heterocycles. The van der Waals surface area contributed by atoms with E-state index in [0.29, 0.717) is 17.9 Å². The number of fused-ring (bicyclic) bond motifs is 4. The zero-order valence-electron chi connectivity index (χ0n) is 42.6. The van der Waals surface area contributed by atoms with Crippen molar-refractivity contribution in [3.8, 4) is 11.8 Å². The number of ether oxygens (including phenoxy) is 2. The van der Waals surface area contributed by atoms with Crippen molar-refractivity contribution < 1.29 is 52.3 Å². The van der Waals surface area contributed by atoms with E-state index >= 15 is 0 Å². The summed E-state index contributed by atoms with van der Waals surface area (Å²) in [4.78, 5) is 31.9. The van der Waals surface area contributed by atoms with Gasteiger partial charge in [-0.3, -0.25) is 19.4 Å². The zero-order chi connectivity index (χ0) is 50.6. The highest BCUT2D eigenvalue weighted by molar-refractivity contribution is 6.74. The Balaban J connectivity index is 0.000000204. The van der Waals surface area contributed by atoms with Crippen LogP contribution in [0, 0.1) is 11.8 Å². The van der Waals surface area contributed by atoms with Crippen molar-refractivity contribution in [2.24, 2.45) is 11.8 Å². The number of rotatable bonds is 12. The Morgan fingerprint density at radius 2 is 1.12 bits per heavy atom. The van der Waals surface area contributed by atoms with E-state index in [1.807, 2.05) is 124 Å². The van der Waals surface area contributed by atoms with Crippen LogP contribution in [-0.2, 0) is 22.1 Å². The van der Waals surface area contributed by atoms with Crippen LogP contribution in [0.5, 0.6) is 11.8 Å². The first-order valence-electron chi connectivity index (χ1n) is 23.7. The van der Waals surface area contributed by atoms with Crippen LogP contribution in [-0.4, -0.2) is 121 Å². The highest BCUT2D eigenvalue weighted by atomic mass is 28.4. The lowest BCUT2D eigenvalue weighted by molar-refractivity contribution is -0.126. The van der Waals surface area contributed by atoms with Crippen LogP contribution in [0.1, 0.15) is 103 Å². The number of hydrogen-bond acceptors (Lipinski definition) is 15. The number of hydrogen-bond donors (Lipinski definition) is 3. The largest absolute Gasteiger partial charge is 0.470 e. The summed E-state index contributed by atoms with van der Waals surface area (Å²) < 4.78 is 36.4. The molecule has 2 aromatic heterocycles. The molecule has 0 radical (unpaired) electrons. The van der Waals surface area contributed by atoms with Crippen molar-refractivity contribution in [2.75, 3.05) is 28.2 Å². The molecule has 69 heavy (non-hydrogen) atoms. The molecule has 0 saturated carbocycles. The SMILES string of the molecule is CN(C)[C@@H]1c2onc(OCc3ccccc3)c2C(=O)[C@@]2(O)[C@H](O[Si](C)(C)C(C)(C)C)C=CC[C@@H]12.CN(C)[C@@H]1c2onc(OCc3ccccc3)c2C(=O)[C@@]2(O)[C@H](O[Si](C)(C)C(C)(C)C)[C@H](O)C=C[C@@H]12. The van der Waals surface area contributed by atoms with E-state index in [1.54, 1.807) is 12.2 Å². The number of aliphatic hydroxyl groups is 3. The van der Waals surface area contributed by atoms with Gasteiger partial charge < -0.3 is 42.7 Å². The van der Waals surface area contributed by atoms with Crippen LogP contribution in [0.25, 0.3) is 0 Å². The number of carbonyl (C=O) groups is 2. The maximum atomic E-state index is 14.1. The monoisotopic (exact) mass is 984 g/mol. The number of ketones is 2. The Bertz CT molecular complexity index is 2530. The molecule has 4 aromatic rings. The summed E-state index contributed by atoms with van der Waals surface area (Å²) in [6, 6.07) is 18.3. The van der Waals surface area contributed by atoms with Gasteiger partial charge in [0.25, 0.3) is 11.8 Å². The molecule has 374 valence electrons. The van der Waals surface area contributed by atoms with E-state index < -0.39 is 75.6 Å². The quantitative estimate of drug-likeness (QED) is 0.0905. The first-order valence-corrected chi connectivity index (χ1v) is 29.6. The molecular formula is C52H72N4O11Si2. The third-order valence-electron chi connectivity index (χ3n) is 15.3. The maximum Gasteiger partial charge on any atom is 0.265 e. The van der Waals surface area contributed by atoms with Gasteiger partial charge in [0.05, 0.1) is 12.1 Å². The van der Waals surface area contributed by atoms with Gasteiger partial charge >= 0.3 is 0 Å². The minimum atomic E-state index is -2.47. The van der Waals surface area contributed by atoms with E-state index in [9.17, 15) is 24.9 Å². The van der Waals surface area contributed by atoms with E-state index in [4.69, 9.17) is 27.4 Å². The van der Waals surface area contributed by atoms with Crippen molar-refractivity contribution in [2.45, 2.75) is 139 Å². The van der Waals surface area contributed by atoms with Gasteiger partial charge in [0, 0.05) is 11.8 Å². The van der Waals surface area contributed by atoms with Gasteiger partial charge in [-0.2, -0.15) is 0 Å². The predicted octanol–water partition coefficient (Wildman–Crippen LogP) is 8.47. The van der Waals surface area contributed by atoms with Crippen molar-refractivity contribution in [1.29, 1.82) is 0 Å². The standard InChI is InChI=1S/C26H36N2O6Si.C26H36N2O5Si/c1-25(2,3)35(6,7)34-23-18(29)14-13-17-20(28(4)5)21-19(22(30)26(17,23)31)24(27-33-21)32-15-16-11-9-8-10-12-16;1-25(2,3)34(6,7)33-19-15-11-14-18-21(28(4)5)22-20(23(29)26(18,19)30)24(27-32-22)31-16-17-12-9-8-10-13-17/h8-14,17-18,20,23,29,31H,15H2,1-7H3;8-13,15,18-19,21,30H,14,16H2,1-7H3/t17-,18+,20-,23+,26+;18-,19+,21-,26-/m00/s1. The number of benzene rings is 2. The number of aromatic nitrogens is 2. The predicted molar refractivity (Wildman–Crippen MR) is 266 cm³/mol. The summed E-state index contributed by atoms with van der Waals surface area (Å²) in [7, 11) is 2.76. The summed E-state index contributed by atoms with van der Waals surface area (Å²) in [6.07, 6.45) is 4.64. The molecule has 0 unspecified atom stereocenters. The topological polar surface area (TPSA) is 190 Å². The lowest BCUT2D eigenvalue weighted by Gasteiger charge is -2.52. The van der Waals surface area contributed by atoms with E-state index in [1.165, 1.54) is 0 Å². The molecule has 0 bridgehead atoms. The fraction of sp³-hybridized carbons (Fsp3) is 0.538. The average molecular weight is 985 g/mol. The number of carbonyl (C=O) groups excluding carboxylic acids is 2. The second kappa shape index (κ2) is 19.2. The molecule has 4 aliphatic rings. The molecule has 9 atom stereocenters. The van der Waals surface area contributed by atoms with Crippen LogP contribution < -0.4 is 9.47 Å². The number of allylic oxidation sites excluding steroid dienone is 1. The van der Waals surface area contributed by atoms with E-state index in [-0.39, 0.29) is 52.2 Å². The first-order chi connectivity index (χ1) is 32.2. The highest BCUT2D eigenvalue weighted by Crippen LogP contribution is 2.54. The number of aliphatic hydroxyl groups excluding tert-OH is 1. The minimum absolute atomic E-state index is 0.0303. The second-order valence-corrected chi connectivity index (χ2v) is 31.9. The lowest BCUT2D eigenvalue weighted by Crippen LogP contribution is -2.67. The maximum absolute atomic E-state index is 14.1. The molecular weight excluding hydrogens is 913 g/mol. The van der Waals surface area contributed by atoms with Crippen LogP contribution >= 0.6 is 0 Å². The Labute approximate surface area is 408 Å². The highest BCUT2D eigenvalue weighted by Gasteiger charge is 2.65. The Morgan fingerprint density at radius 3 is 1.58 bits per heavy atom. The van der Waals surface area contributed by atoms with Crippen LogP contribution in [0.15, 0.2) is 94.0 Å². The number of nitrogens with zero attached hydrogens (tertiary/aromatic N) is 4. The van der Waals surface area contributed by atoms with Gasteiger partial charge in [0.15, 0.2) is 39.4 Å². The molecule has 8 rings (SSSR count). The molecule has 4 aliphatic carbocycles. The fourth-order valence-electron chi connectivity index (χ4n) is 9.33. The summed E-state index contributed by atoms with van der Waals surface area (Å²) in [6.45, 7) is 21.4. The summed E-state index contributed by atoms with van der Waals surface area (Å²) in [5.41, 5.74) is -1.60. The van der Waals surface area contributed by atoms with E-state index in [0.717, 1.165) is 11.1 Å². The average Bonchev–Trinajstić information content (AvgIpc) is 3.89. The van der Waals surface area contributed by atoms with Crippen LogP contribution in [0.3, 0.4) is 0 Å². The summed E-state index contributed by atoms with van der Waals surface area (Å²) >= 11 is 0. The number of Topliss-reactive ketones (excluding diaryl/α,β-unsaturated/α-hetero) is 2. The molecule has 0 spiro atoms. The van der Waals surface area contributed by atoms with E-state index in [2.05, 4.69) is 64.9 Å². The third kappa shape index (κ3) is 9.54. The van der Waals surface area contributed by atoms with Crippen molar-refractivity contribution >= 4 is 28.2 Å². The molecule has 2 heterocycles. The molecule has 15 nitrogen and oxygen atoms in total. The van der Waals surface area contributed by atoms with Crippen LogP contribution in [0.4, 0.5) is 0 Å². The molecule has 2 aromatic carbocycles. The van der Waals surface area contributed by atoms with Crippen molar-refractivity contribution in [3.63, 3.8) is 0 Å². The minimum Gasteiger partial charge on any atom is -0.470 e. The van der Waals surface area contributed by atoms with Gasteiger partial charge in [0.1, 0.15) is 42.7 Å². The smallest absolute Gasteiger partial charge is 0.265 e. The molecule has 0 fully saturated rings. The second-order valence-electron chi connectivity index (χ2n) is 22.4. The van der Waals surface area contributed by atoms with Gasteiger partial charge in [0.2, 0.25) is 11.6 Å². The van der Waals surface area contributed by atoms with Gasteiger partial charge in [-0.25, -0.2) is 0 Å². The van der Waals surface area contributed by atoms with Gasteiger partial charge in [-0.05, 0) is 92.3 Å². The summed E-state index contributed by atoms with van der Waals surface area (Å²) in [5, 5.41) is 43.3. The van der Waals surface area contributed by atoms with Gasteiger partial charge in [-0.1, -0.05) is 127 Å². The van der Waals surface area contributed by atoms with Gasteiger partial charge in [-0.15, -0.1) is 0 Å². The fourth-order valence-corrected chi connectivity index (χ4v) is 11.9. The van der Waals surface area contributed by atoms with Crippen molar-refractivity contribution in [1.82, 2.24) is 20.1 Å². The normalized spacial score (nSPS) is 27.8. The Kier molecular flexibility index (Phi) is 14.6. The molecule has 3 N–H and O–H groups in total. The zero-order valence-corrected chi connectivity index (χ0v) is 44.6. The summed E-state index contributed by atoms with van der Waals surface area (Å²) in [5.74, 6) is -1.26. The van der Waals surface area contributed by atoms with Crippen molar-refractivity contribution in [3.05, 3.63) is 119 Å². The molecule has 0 saturated heterocycles. The third-order valence-corrected chi connectivity index (χ3v) is 24.2. The Morgan fingerprint density at radius 1 is 0.667 bits per heavy atom. The first kappa shape index (κ1) is 52.3. The van der Waals surface area contributed by atoms with Crippen LogP contribution in [0.2, 0.25) is 36.3 Å². The lowest BCUT2D eigenvalue weighted by atomic mass is 9.64. The molecule has 17 heteroatoms. The Hall–Kier alpha value is -4.57.